The minimum Gasteiger partial charge on any atom is -0.444 e. The lowest BCUT2D eigenvalue weighted by atomic mass is 10.2. The van der Waals surface area contributed by atoms with Crippen molar-refractivity contribution in [2.75, 3.05) is 32.7 Å². The molecule has 11 nitrogen and oxygen atoms in total. The van der Waals surface area contributed by atoms with E-state index in [1.54, 1.807) is 4.90 Å². The van der Waals surface area contributed by atoms with Crippen molar-refractivity contribution in [1.82, 2.24) is 19.6 Å². The first-order chi connectivity index (χ1) is 12.2. The zero-order chi connectivity index (χ0) is 19.3. The molecule has 1 amide bonds. The minimum atomic E-state index is -0.518. The molecule has 1 saturated heterocycles. The number of aromatic nitrogens is 2. The Kier molecular flexibility index (Phi) is 6.01. The summed E-state index contributed by atoms with van der Waals surface area (Å²) in [6, 6.07) is 0. The number of nitro groups is 1. The third-order valence-corrected chi connectivity index (χ3v) is 3.69. The van der Waals surface area contributed by atoms with E-state index in [2.05, 4.69) is 10.1 Å². The zero-order valence-electron chi connectivity index (χ0n) is 15.3. The second kappa shape index (κ2) is 8.02. The number of carbonyl (C=O) groups is 1. The number of nitrogens with zero attached hydrogens (tertiary/aromatic N) is 6. The van der Waals surface area contributed by atoms with Crippen molar-refractivity contribution >= 4 is 17.7 Å². The van der Waals surface area contributed by atoms with E-state index in [1.807, 2.05) is 25.7 Å². The SMILES string of the molecule is CC(C)(C)OC(=O)N1CCN(C(N)=NCCn2cc([N+](=O)[O-])cn2)CC1. The molecule has 1 fully saturated rings. The summed E-state index contributed by atoms with van der Waals surface area (Å²) in [6.07, 6.45) is 2.22. The number of amides is 1. The summed E-state index contributed by atoms with van der Waals surface area (Å²) in [5.41, 5.74) is 5.42. The summed E-state index contributed by atoms with van der Waals surface area (Å²) in [4.78, 5) is 30.0. The third-order valence-electron chi connectivity index (χ3n) is 3.69. The molecule has 2 rings (SSSR count). The van der Waals surface area contributed by atoms with Crippen LogP contribution < -0.4 is 5.73 Å². The topological polar surface area (TPSA) is 132 Å². The average molecular weight is 367 g/mol. The maximum atomic E-state index is 12.0. The first kappa shape index (κ1) is 19.5. The van der Waals surface area contributed by atoms with Crippen LogP contribution in [0.3, 0.4) is 0 Å². The van der Waals surface area contributed by atoms with Gasteiger partial charge in [-0.15, -0.1) is 0 Å². The number of hydrogen-bond donors (Lipinski definition) is 1. The predicted molar refractivity (Wildman–Crippen MR) is 94.8 cm³/mol. The van der Waals surface area contributed by atoms with Crippen molar-refractivity contribution in [3.8, 4) is 0 Å². The van der Waals surface area contributed by atoms with Gasteiger partial charge >= 0.3 is 11.8 Å². The number of ether oxygens (including phenoxy) is 1. The van der Waals surface area contributed by atoms with E-state index in [-0.39, 0.29) is 11.8 Å². The summed E-state index contributed by atoms with van der Waals surface area (Å²) in [5.74, 6) is 0.385. The Hall–Kier alpha value is -2.85. The van der Waals surface area contributed by atoms with Crippen molar-refractivity contribution in [2.24, 2.45) is 10.7 Å². The lowest BCUT2D eigenvalue weighted by Crippen LogP contribution is -2.53. The van der Waals surface area contributed by atoms with Crippen LogP contribution in [0.25, 0.3) is 0 Å². The monoisotopic (exact) mass is 367 g/mol. The lowest BCUT2D eigenvalue weighted by molar-refractivity contribution is -0.385. The summed E-state index contributed by atoms with van der Waals surface area (Å²) < 4.78 is 6.81. The van der Waals surface area contributed by atoms with E-state index in [0.717, 1.165) is 0 Å². The standard InChI is InChI=1S/C15H25N7O4/c1-15(2,3)26-14(23)20-8-6-19(7-9-20)13(16)17-4-5-21-11-12(10-18-21)22(24)25/h10-11H,4-9H2,1-3H3,(H2,16,17). The molecule has 11 heteroatoms. The first-order valence-electron chi connectivity index (χ1n) is 8.35. The van der Waals surface area contributed by atoms with Gasteiger partial charge in [-0.05, 0) is 20.8 Å². The van der Waals surface area contributed by atoms with Crippen LogP contribution in [0.5, 0.6) is 0 Å². The zero-order valence-corrected chi connectivity index (χ0v) is 15.3. The fourth-order valence-corrected chi connectivity index (χ4v) is 2.38. The molecule has 144 valence electrons. The van der Waals surface area contributed by atoms with Crippen LogP contribution in [-0.4, -0.2) is 74.9 Å². The molecule has 0 unspecified atom stereocenters. The molecule has 1 aliphatic heterocycles. The molecule has 0 bridgehead atoms. The summed E-state index contributed by atoms with van der Waals surface area (Å²) in [7, 11) is 0. The van der Waals surface area contributed by atoms with E-state index in [0.29, 0.717) is 45.2 Å². The van der Waals surface area contributed by atoms with Gasteiger partial charge in [-0.1, -0.05) is 0 Å². The van der Waals surface area contributed by atoms with E-state index < -0.39 is 10.5 Å². The third kappa shape index (κ3) is 5.60. The minimum absolute atomic E-state index is 0.0554. The maximum absolute atomic E-state index is 12.0. The highest BCUT2D eigenvalue weighted by Crippen LogP contribution is 2.12. The number of rotatable bonds is 4. The van der Waals surface area contributed by atoms with E-state index in [9.17, 15) is 14.9 Å². The highest BCUT2D eigenvalue weighted by Gasteiger charge is 2.26. The van der Waals surface area contributed by atoms with Crippen LogP contribution in [0, 0.1) is 10.1 Å². The normalized spacial score (nSPS) is 15.9. The van der Waals surface area contributed by atoms with Crippen LogP contribution in [0.15, 0.2) is 17.4 Å². The number of aliphatic imine (C=N–C) groups is 1. The molecule has 1 aromatic rings. The van der Waals surface area contributed by atoms with Gasteiger partial charge in [0.2, 0.25) is 0 Å². The molecule has 2 heterocycles. The summed E-state index contributed by atoms with van der Waals surface area (Å²) in [6.45, 7) is 8.42. The molecule has 1 aromatic heterocycles. The van der Waals surface area contributed by atoms with Gasteiger partial charge in [0.1, 0.15) is 18.0 Å². The van der Waals surface area contributed by atoms with Gasteiger partial charge in [0, 0.05) is 26.2 Å². The maximum Gasteiger partial charge on any atom is 0.410 e. The lowest BCUT2D eigenvalue weighted by Gasteiger charge is -2.36. The summed E-state index contributed by atoms with van der Waals surface area (Å²) in [5, 5.41) is 14.5. The van der Waals surface area contributed by atoms with Crippen molar-refractivity contribution in [1.29, 1.82) is 0 Å². The van der Waals surface area contributed by atoms with Crippen molar-refractivity contribution in [3.63, 3.8) is 0 Å². The Morgan fingerprint density at radius 2 is 1.96 bits per heavy atom. The van der Waals surface area contributed by atoms with Gasteiger partial charge in [0.25, 0.3) is 0 Å². The van der Waals surface area contributed by atoms with Crippen LogP contribution >= 0.6 is 0 Å². The van der Waals surface area contributed by atoms with Gasteiger partial charge < -0.3 is 20.3 Å². The molecular weight excluding hydrogens is 342 g/mol. The van der Waals surface area contributed by atoms with Crippen LogP contribution in [0.2, 0.25) is 0 Å². The number of carbonyl (C=O) groups excluding carboxylic acids is 1. The quantitative estimate of drug-likeness (QED) is 0.358. The Labute approximate surface area is 151 Å². The Morgan fingerprint density at radius 1 is 1.35 bits per heavy atom. The molecule has 26 heavy (non-hydrogen) atoms. The van der Waals surface area contributed by atoms with E-state index in [1.165, 1.54) is 17.1 Å². The Bertz CT molecular complexity index is 672. The Balaban J connectivity index is 1.78. The molecule has 0 atom stereocenters. The smallest absolute Gasteiger partial charge is 0.410 e. The van der Waals surface area contributed by atoms with Crippen LogP contribution in [0.4, 0.5) is 10.5 Å². The predicted octanol–water partition coefficient (Wildman–Crippen LogP) is 0.659. The van der Waals surface area contributed by atoms with Gasteiger partial charge in [-0.2, -0.15) is 5.10 Å². The van der Waals surface area contributed by atoms with E-state index >= 15 is 0 Å². The number of guanidine groups is 1. The second-order valence-electron chi connectivity index (χ2n) is 6.91. The fourth-order valence-electron chi connectivity index (χ4n) is 2.38. The van der Waals surface area contributed by atoms with Crippen molar-refractivity contribution < 1.29 is 14.5 Å². The molecule has 0 saturated carbocycles. The second-order valence-corrected chi connectivity index (χ2v) is 6.91. The fraction of sp³-hybridized carbons (Fsp3) is 0.667. The largest absolute Gasteiger partial charge is 0.444 e. The molecule has 0 aliphatic carbocycles. The molecule has 2 N–H and O–H groups in total. The first-order valence-corrected chi connectivity index (χ1v) is 8.35. The van der Waals surface area contributed by atoms with Gasteiger partial charge in [0.15, 0.2) is 5.96 Å². The highest BCUT2D eigenvalue weighted by atomic mass is 16.6. The Morgan fingerprint density at radius 3 is 2.50 bits per heavy atom. The molecule has 1 aliphatic rings. The average Bonchev–Trinajstić information content (AvgIpc) is 3.02. The number of hydrogen-bond acceptors (Lipinski definition) is 6. The number of nitrogens with two attached hydrogens (primary N) is 1. The number of piperazine rings is 1. The molecule has 0 spiro atoms. The summed E-state index contributed by atoms with van der Waals surface area (Å²) >= 11 is 0. The van der Waals surface area contributed by atoms with E-state index in [4.69, 9.17) is 10.5 Å². The molecule has 0 radical (unpaired) electrons. The van der Waals surface area contributed by atoms with Gasteiger partial charge in [0.05, 0.1) is 18.0 Å². The van der Waals surface area contributed by atoms with Crippen LogP contribution in [0.1, 0.15) is 20.8 Å². The van der Waals surface area contributed by atoms with Gasteiger partial charge in [-0.3, -0.25) is 19.8 Å². The van der Waals surface area contributed by atoms with Crippen molar-refractivity contribution in [3.05, 3.63) is 22.5 Å². The molecule has 0 aromatic carbocycles. The highest BCUT2D eigenvalue weighted by molar-refractivity contribution is 5.78. The molecular formula is C15H25N7O4. The van der Waals surface area contributed by atoms with Gasteiger partial charge in [-0.25, -0.2) is 4.79 Å². The van der Waals surface area contributed by atoms with Crippen molar-refractivity contribution in [2.45, 2.75) is 32.9 Å². The van der Waals surface area contributed by atoms with Crippen LogP contribution in [-0.2, 0) is 11.3 Å².